The number of carbonyl (C=O) groups is 1. The highest BCUT2D eigenvalue weighted by molar-refractivity contribution is 7.98. The van der Waals surface area contributed by atoms with Crippen LogP contribution in [0.15, 0.2) is 29.4 Å². The number of rotatable bonds is 4. The van der Waals surface area contributed by atoms with Crippen LogP contribution in [-0.2, 0) is 10.3 Å². The Morgan fingerprint density at radius 3 is 2.88 bits per heavy atom. The smallest absolute Gasteiger partial charge is 0.224 e. The largest absolute Gasteiger partial charge is 0.343 e. The molecule has 5 nitrogen and oxygen atoms in total. The maximum absolute atomic E-state index is 12.8. The average molecular weight is 342 g/mol. The molecule has 24 heavy (non-hydrogen) atoms. The van der Waals surface area contributed by atoms with Crippen molar-refractivity contribution in [3.8, 4) is 0 Å². The molecule has 2 aliphatic carbocycles. The van der Waals surface area contributed by atoms with Gasteiger partial charge < -0.3 is 15.0 Å². The van der Waals surface area contributed by atoms with Gasteiger partial charge in [0.05, 0.1) is 17.3 Å². The van der Waals surface area contributed by atoms with Crippen molar-refractivity contribution in [3.63, 3.8) is 0 Å². The topological polar surface area (TPSA) is 58.4 Å². The Hall–Kier alpha value is -1.53. The molecule has 0 spiro atoms. The summed E-state index contributed by atoms with van der Waals surface area (Å²) >= 11 is 1.73. The van der Waals surface area contributed by atoms with Gasteiger partial charge in [0.25, 0.3) is 0 Å². The van der Waals surface area contributed by atoms with Crippen molar-refractivity contribution in [1.29, 1.82) is 0 Å². The standard InChI is InChI=1S/C18H22N4OS/c1-24-14-4-2-7-22-13(14)10-20-17(22)18(5-3-6-18)21-16(23)15-11-8-19-9-12(11)15/h2,4,7,10-12,15,19H,3,5-6,8-9H2,1H3,(H,21,23)/t11-,12+,15?. The molecular formula is C18H22N4OS. The zero-order valence-electron chi connectivity index (χ0n) is 13.8. The van der Waals surface area contributed by atoms with Crippen molar-refractivity contribution >= 4 is 23.2 Å². The molecule has 1 aliphatic heterocycles. The van der Waals surface area contributed by atoms with Gasteiger partial charge in [0.15, 0.2) is 0 Å². The SMILES string of the molecule is CSc1cccn2c(C3(NC(=O)C4[C@H]5CNC[C@@H]45)CCC3)ncc12. The monoisotopic (exact) mass is 342 g/mol. The molecule has 1 unspecified atom stereocenters. The van der Waals surface area contributed by atoms with Gasteiger partial charge in [0.1, 0.15) is 5.82 Å². The molecule has 2 N–H and O–H groups in total. The number of nitrogens with one attached hydrogen (secondary N) is 2. The summed E-state index contributed by atoms with van der Waals surface area (Å²) in [6.45, 7) is 2.00. The van der Waals surface area contributed by atoms with E-state index in [0.717, 1.165) is 43.7 Å². The normalized spacial score (nSPS) is 30.0. The summed E-state index contributed by atoms with van der Waals surface area (Å²) in [4.78, 5) is 18.7. The third-order valence-corrected chi connectivity index (χ3v) is 6.93. The molecule has 5 rings (SSSR count). The van der Waals surface area contributed by atoms with Gasteiger partial charge >= 0.3 is 0 Å². The fourth-order valence-corrected chi connectivity index (χ4v) is 5.16. The van der Waals surface area contributed by atoms with Crippen molar-refractivity contribution in [3.05, 3.63) is 30.4 Å². The lowest BCUT2D eigenvalue weighted by molar-refractivity contribution is -0.126. The fraction of sp³-hybridized carbons (Fsp3) is 0.556. The second kappa shape index (κ2) is 5.23. The number of piperidine rings is 1. The van der Waals surface area contributed by atoms with Gasteiger partial charge in [-0.3, -0.25) is 4.79 Å². The van der Waals surface area contributed by atoms with Crippen LogP contribution < -0.4 is 10.6 Å². The van der Waals surface area contributed by atoms with Crippen LogP contribution in [0.5, 0.6) is 0 Å². The van der Waals surface area contributed by atoms with E-state index in [1.54, 1.807) is 11.8 Å². The van der Waals surface area contributed by atoms with Crippen molar-refractivity contribution < 1.29 is 4.79 Å². The lowest BCUT2D eigenvalue weighted by atomic mass is 9.75. The summed E-state index contributed by atoms with van der Waals surface area (Å²) in [6, 6.07) is 4.19. The first-order chi connectivity index (χ1) is 11.7. The number of hydrogen-bond donors (Lipinski definition) is 2. The van der Waals surface area contributed by atoms with E-state index in [9.17, 15) is 4.79 Å². The van der Waals surface area contributed by atoms with E-state index in [2.05, 4.69) is 39.6 Å². The molecule has 3 fully saturated rings. The quantitative estimate of drug-likeness (QED) is 0.835. The Morgan fingerprint density at radius 1 is 1.42 bits per heavy atom. The second-order valence-electron chi connectivity index (χ2n) is 7.35. The minimum absolute atomic E-state index is 0.219. The summed E-state index contributed by atoms with van der Waals surface area (Å²) in [7, 11) is 0. The van der Waals surface area contributed by atoms with Crippen LogP contribution in [-0.4, -0.2) is 34.6 Å². The van der Waals surface area contributed by atoms with Gasteiger partial charge in [-0.15, -0.1) is 11.8 Å². The van der Waals surface area contributed by atoms with E-state index >= 15 is 0 Å². The van der Waals surface area contributed by atoms with Crippen LogP contribution in [0.25, 0.3) is 5.52 Å². The van der Waals surface area contributed by atoms with Crippen LogP contribution >= 0.6 is 11.8 Å². The fourth-order valence-electron chi connectivity index (χ4n) is 4.58. The van der Waals surface area contributed by atoms with Gasteiger partial charge in [-0.1, -0.05) is 0 Å². The molecule has 0 aromatic carbocycles. The third-order valence-electron chi connectivity index (χ3n) is 6.14. The number of hydrogen-bond acceptors (Lipinski definition) is 4. The van der Waals surface area contributed by atoms with Crippen molar-refractivity contribution in [2.24, 2.45) is 17.8 Å². The summed E-state index contributed by atoms with van der Waals surface area (Å²) in [5.41, 5.74) is 0.859. The van der Waals surface area contributed by atoms with Gasteiger partial charge in [-0.25, -0.2) is 4.98 Å². The van der Waals surface area contributed by atoms with Crippen molar-refractivity contribution in [2.45, 2.75) is 29.7 Å². The number of nitrogens with zero attached hydrogens (tertiary/aromatic N) is 2. The summed E-state index contributed by atoms with van der Waals surface area (Å²) in [5.74, 6) is 2.57. The molecule has 2 aromatic heterocycles. The molecule has 3 atom stereocenters. The van der Waals surface area contributed by atoms with Crippen molar-refractivity contribution in [2.75, 3.05) is 19.3 Å². The molecule has 3 aliphatic rings. The maximum atomic E-state index is 12.8. The number of thioether (sulfide) groups is 1. The van der Waals surface area contributed by atoms with Crippen LogP contribution in [0.3, 0.4) is 0 Å². The molecule has 2 saturated carbocycles. The van der Waals surface area contributed by atoms with Gasteiger partial charge in [-0.05, 0) is 62.6 Å². The van der Waals surface area contributed by atoms with Crippen LogP contribution in [0.1, 0.15) is 25.1 Å². The van der Waals surface area contributed by atoms with Crippen LogP contribution in [0.4, 0.5) is 0 Å². The molecule has 0 bridgehead atoms. The minimum Gasteiger partial charge on any atom is -0.343 e. The van der Waals surface area contributed by atoms with Gasteiger partial charge in [-0.2, -0.15) is 0 Å². The zero-order chi connectivity index (χ0) is 16.3. The lowest BCUT2D eigenvalue weighted by Crippen LogP contribution is -2.53. The predicted octanol–water partition coefficient (Wildman–Crippen LogP) is 2.02. The predicted molar refractivity (Wildman–Crippen MR) is 94.0 cm³/mol. The first-order valence-electron chi connectivity index (χ1n) is 8.77. The highest BCUT2D eigenvalue weighted by atomic mass is 32.2. The zero-order valence-corrected chi connectivity index (χ0v) is 14.6. The average Bonchev–Trinajstić information content (AvgIpc) is 2.91. The molecule has 1 amide bonds. The van der Waals surface area contributed by atoms with Crippen LogP contribution in [0, 0.1) is 17.8 Å². The highest BCUT2D eigenvalue weighted by Crippen LogP contribution is 2.50. The molecule has 6 heteroatoms. The molecule has 126 valence electrons. The van der Waals surface area contributed by atoms with E-state index in [1.807, 2.05) is 6.20 Å². The van der Waals surface area contributed by atoms with Crippen molar-refractivity contribution in [1.82, 2.24) is 20.0 Å². The Balaban J connectivity index is 1.46. The first-order valence-corrected chi connectivity index (χ1v) is 9.99. The Bertz CT molecular complexity index is 802. The van der Waals surface area contributed by atoms with Gasteiger partial charge in [0, 0.05) is 17.0 Å². The number of carbonyl (C=O) groups excluding carboxylic acids is 1. The number of imidazole rings is 1. The molecule has 2 aromatic rings. The summed E-state index contributed by atoms with van der Waals surface area (Å²) in [6.07, 6.45) is 9.23. The van der Waals surface area contributed by atoms with Gasteiger partial charge in [0.2, 0.25) is 5.91 Å². The Labute approximate surface area is 145 Å². The third kappa shape index (κ3) is 1.99. The molecular weight excluding hydrogens is 320 g/mol. The highest BCUT2D eigenvalue weighted by Gasteiger charge is 2.58. The summed E-state index contributed by atoms with van der Waals surface area (Å²) in [5, 5.41) is 6.76. The molecule has 3 heterocycles. The molecule has 1 saturated heterocycles. The van der Waals surface area contributed by atoms with E-state index in [0.29, 0.717) is 11.8 Å². The number of pyridine rings is 1. The number of fused-ring (bicyclic) bond motifs is 2. The molecule has 0 radical (unpaired) electrons. The summed E-state index contributed by atoms with van der Waals surface area (Å²) < 4.78 is 2.17. The Morgan fingerprint density at radius 2 is 2.21 bits per heavy atom. The second-order valence-corrected chi connectivity index (χ2v) is 8.20. The number of amides is 1. The maximum Gasteiger partial charge on any atom is 0.224 e. The Kier molecular flexibility index (Phi) is 3.22. The van der Waals surface area contributed by atoms with E-state index in [-0.39, 0.29) is 17.4 Å². The number of aromatic nitrogens is 2. The lowest BCUT2D eigenvalue weighted by Gasteiger charge is -2.41. The van der Waals surface area contributed by atoms with E-state index < -0.39 is 0 Å². The van der Waals surface area contributed by atoms with E-state index in [4.69, 9.17) is 4.98 Å². The van der Waals surface area contributed by atoms with E-state index in [1.165, 1.54) is 4.90 Å². The van der Waals surface area contributed by atoms with Crippen LogP contribution in [0.2, 0.25) is 0 Å². The first kappa shape index (κ1) is 14.8. The minimum atomic E-state index is -0.273.